The molecular weight excluding hydrogens is 226 g/mol. The van der Waals surface area contributed by atoms with Gasteiger partial charge in [-0.2, -0.15) is 0 Å². The topological polar surface area (TPSA) is 63.2 Å². The van der Waals surface area contributed by atoms with Crippen LogP contribution in [0.3, 0.4) is 0 Å². The van der Waals surface area contributed by atoms with E-state index in [-0.39, 0.29) is 11.7 Å². The summed E-state index contributed by atoms with van der Waals surface area (Å²) in [6.07, 6.45) is 0. The molecule has 0 atom stereocenters. The van der Waals surface area contributed by atoms with Crippen LogP contribution in [0.2, 0.25) is 0 Å². The minimum Gasteiger partial charge on any atom is -0.352 e. The molecule has 16 heavy (non-hydrogen) atoms. The predicted molar refractivity (Wildman–Crippen MR) is 61.7 cm³/mol. The second-order valence-electron chi connectivity index (χ2n) is 3.46. The average molecular weight is 241 g/mol. The first-order valence-corrected chi connectivity index (χ1v) is 6.67. The van der Waals surface area contributed by atoms with Crippen molar-refractivity contribution in [3.05, 3.63) is 29.8 Å². The number of rotatable bonds is 4. The molecule has 0 aromatic heterocycles. The van der Waals surface area contributed by atoms with E-state index in [1.165, 1.54) is 6.92 Å². The summed E-state index contributed by atoms with van der Waals surface area (Å²) in [6.45, 7) is 3.38. The van der Waals surface area contributed by atoms with Crippen LogP contribution < -0.4 is 5.32 Å². The van der Waals surface area contributed by atoms with Gasteiger partial charge in [-0.25, -0.2) is 8.42 Å². The Labute approximate surface area is 95.6 Å². The number of benzene rings is 1. The largest absolute Gasteiger partial charge is 0.352 e. The van der Waals surface area contributed by atoms with E-state index < -0.39 is 9.84 Å². The number of hydrogen-bond acceptors (Lipinski definition) is 3. The first-order chi connectivity index (χ1) is 7.45. The van der Waals surface area contributed by atoms with Crippen molar-refractivity contribution < 1.29 is 13.2 Å². The van der Waals surface area contributed by atoms with Gasteiger partial charge in [0.1, 0.15) is 0 Å². The minimum absolute atomic E-state index is 0.0800. The molecule has 0 aliphatic rings. The molecule has 1 rings (SSSR count). The van der Waals surface area contributed by atoms with Crippen LogP contribution in [-0.4, -0.2) is 20.1 Å². The maximum atomic E-state index is 11.6. The van der Waals surface area contributed by atoms with E-state index >= 15 is 0 Å². The lowest BCUT2D eigenvalue weighted by Crippen LogP contribution is -2.19. The first kappa shape index (κ1) is 12.7. The molecule has 1 amide bonds. The normalized spacial score (nSPS) is 11.1. The lowest BCUT2D eigenvalue weighted by Gasteiger charge is -2.05. The van der Waals surface area contributed by atoms with Crippen LogP contribution in [0.25, 0.3) is 0 Å². The quantitative estimate of drug-likeness (QED) is 0.859. The zero-order valence-electron chi connectivity index (χ0n) is 9.36. The second kappa shape index (κ2) is 5.12. The predicted octanol–water partition coefficient (Wildman–Crippen LogP) is 1.12. The van der Waals surface area contributed by atoms with Gasteiger partial charge in [-0.3, -0.25) is 4.79 Å². The highest BCUT2D eigenvalue weighted by Crippen LogP contribution is 2.13. The molecule has 0 heterocycles. The monoisotopic (exact) mass is 241 g/mol. The maximum absolute atomic E-state index is 11.6. The van der Waals surface area contributed by atoms with Crippen LogP contribution in [0.5, 0.6) is 0 Å². The molecule has 0 spiro atoms. The fourth-order valence-electron chi connectivity index (χ4n) is 1.24. The Balaban J connectivity index is 2.91. The van der Waals surface area contributed by atoms with E-state index in [9.17, 15) is 13.2 Å². The highest BCUT2D eigenvalue weighted by atomic mass is 32.2. The third-order valence-electron chi connectivity index (χ3n) is 2.18. The van der Waals surface area contributed by atoms with E-state index in [4.69, 9.17) is 0 Å². The van der Waals surface area contributed by atoms with Crippen LogP contribution in [0.15, 0.2) is 29.2 Å². The van der Waals surface area contributed by atoms with Gasteiger partial charge in [0, 0.05) is 13.5 Å². The Kier molecular flexibility index (Phi) is 4.06. The number of sulfone groups is 1. The molecule has 88 valence electrons. The molecule has 0 aliphatic heterocycles. The summed E-state index contributed by atoms with van der Waals surface area (Å²) in [6, 6.07) is 6.62. The standard InChI is InChI=1S/C11H15NO3S/c1-3-16(14,15)11-6-4-5-10(7-11)8-12-9(2)13/h4-7H,3,8H2,1-2H3,(H,12,13). The van der Waals surface area contributed by atoms with Crippen LogP contribution in [-0.2, 0) is 21.2 Å². The smallest absolute Gasteiger partial charge is 0.217 e. The molecule has 1 N–H and O–H groups in total. The van der Waals surface area contributed by atoms with Crippen molar-refractivity contribution in [2.24, 2.45) is 0 Å². The second-order valence-corrected chi connectivity index (χ2v) is 5.74. The van der Waals surface area contributed by atoms with Crippen molar-refractivity contribution in [1.82, 2.24) is 5.32 Å². The molecular formula is C11H15NO3S. The maximum Gasteiger partial charge on any atom is 0.217 e. The van der Waals surface area contributed by atoms with Gasteiger partial charge in [0.15, 0.2) is 9.84 Å². The molecule has 1 aromatic rings. The number of amides is 1. The minimum atomic E-state index is -3.17. The number of carbonyl (C=O) groups excluding carboxylic acids is 1. The van der Waals surface area contributed by atoms with Gasteiger partial charge >= 0.3 is 0 Å². The summed E-state index contributed by atoms with van der Waals surface area (Å²) in [7, 11) is -3.17. The van der Waals surface area contributed by atoms with Crippen molar-refractivity contribution in [3.63, 3.8) is 0 Å². The number of carbonyl (C=O) groups is 1. The Hall–Kier alpha value is -1.36. The van der Waals surface area contributed by atoms with Gasteiger partial charge in [0.2, 0.25) is 5.91 Å². The number of nitrogens with one attached hydrogen (secondary N) is 1. The fraction of sp³-hybridized carbons (Fsp3) is 0.364. The zero-order chi connectivity index (χ0) is 12.2. The zero-order valence-corrected chi connectivity index (χ0v) is 10.2. The van der Waals surface area contributed by atoms with Crippen LogP contribution in [0, 0.1) is 0 Å². The SMILES string of the molecule is CCS(=O)(=O)c1cccc(CNC(C)=O)c1. The Morgan fingerprint density at radius 1 is 1.38 bits per heavy atom. The first-order valence-electron chi connectivity index (χ1n) is 5.02. The molecule has 1 aromatic carbocycles. The molecule has 0 radical (unpaired) electrons. The Morgan fingerprint density at radius 3 is 2.62 bits per heavy atom. The van der Waals surface area contributed by atoms with Crippen LogP contribution in [0.1, 0.15) is 19.4 Å². The summed E-state index contributed by atoms with van der Waals surface area (Å²) in [4.78, 5) is 11.0. The summed E-state index contributed by atoms with van der Waals surface area (Å²) in [5, 5.41) is 2.62. The highest BCUT2D eigenvalue weighted by molar-refractivity contribution is 7.91. The van der Waals surface area contributed by atoms with Gasteiger partial charge in [-0.05, 0) is 17.7 Å². The van der Waals surface area contributed by atoms with Gasteiger partial charge < -0.3 is 5.32 Å². The van der Waals surface area contributed by atoms with Crippen molar-refractivity contribution in [1.29, 1.82) is 0 Å². The summed E-state index contributed by atoms with van der Waals surface area (Å²) in [5.74, 6) is -0.0555. The molecule has 0 unspecified atom stereocenters. The van der Waals surface area contributed by atoms with Crippen LogP contribution in [0.4, 0.5) is 0 Å². The summed E-state index contributed by atoms with van der Waals surface area (Å²) < 4.78 is 23.2. The Bertz CT molecular complexity index is 480. The lowest BCUT2D eigenvalue weighted by molar-refractivity contribution is -0.119. The van der Waals surface area contributed by atoms with E-state index in [2.05, 4.69) is 5.32 Å². The fourth-order valence-corrected chi connectivity index (χ4v) is 2.19. The molecule has 0 bridgehead atoms. The number of hydrogen-bond donors (Lipinski definition) is 1. The molecule has 0 saturated heterocycles. The van der Waals surface area contributed by atoms with Gasteiger partial charge in [-0.1, -0.05) is 19.1 Å². The van der Waals surface area contributed by atoms with E-state index in [0.717, 1.165) is 5.56 Å². The lowest BCUT2D eigenvalue weighted by atomic mass is 10.2. The van der Waals surface area contributed by atoms with Crippen molar-refractivity contribution in [2.45, 2.75) is 25.3 Å². The van der Waals surface area contributed by atoms with Crippen LogP contribution >= 0.6 is 0 Å². The third-order valence-corrected chi connectivity index (χ3v) is 3.91. The van der Waals surface area contributed by atoms with E-state index in [1.54, 1.807) is 31.2 Å². The summed E-state index contributed by atoms with van der Waals surface area (Å²) in [5.41, 5.74) is 0.782. The van der Waals surface area contributed by atoms with E-state index in [0.29, 0.717) is 11.4 Å². The highest BCUT2D eigenvalue weighted by Gasteiger charge is 2.11. The van der Waals surface area contributed by atoms with E-state index in [1.807, 2.05) is 0 Å². The molecule has 5 heteroatoms. The van der Waals surface area contributed by atoms with Gasteiger partial charge in [0.25, 0.3) is 0 Å². The molecule has 0 saturated carbocycles. The van der Waals surface area contributed by atoms with Gasteiger partial charge in [-0.15, -0.1) is 0 Å². The van der Waals surface area contributed by atoms with Crippen molar-refractivity contribution in [2.75, 3.05) is 5.75 Å². The summed E-state index contributed by atoms with van der Waals surface area (Å²) >= 11 is 0. The third kappa shape index (κ3) is 3.34. The van der Waals surface area contributed by atoms with Crippen molar-refractivity contribution in [3.8, 4) is 0 Å². The molecule has 0 aliphatic carbocycles. The molecule has 4 nitrogen and oxygen atoms in total. The molecule has 0 fully saturated rings. The van der Waals surface area contributed by atoms with Gasteiger partial charge in [0.05, 0.1) is 10.6 Å². The average Bonchev–Trinajstić information content (AvgIpc) is 2.27. The Morgan fingerprint density at radius 2 is 2.06 bits per heavy atom. The van der Waals surface area contributed by atoms with Crippen molar-refractivity contribution >= 4 is 15.7 Å².